The van der Waals surface area contributed by atoms with Crippen LogP contribution in [0, 0.1) is 6.92 Å². The van der Waals surface area contributed by atoms with Gasteiger partial charge in [0.25, 0.3) is 5.56 Å². The highest BCUT2D eigenvalue weighted by Crippen LogP contribution is 2.28. The van der Waals surface area contributed by atoms with Crippen LogP contribution in [0.15, 0.2) is 41.3 Å². The van der Waals surface area contributed by atoms with Gasteiger partial charge in [-0.2, -0.15) is 4.98 Å². The normalized spacial score (nSPS) is 18.8. The van der Waals surface area contributed by atoms with E-state index in [9.17, 15) is 9.59 Å². The number of anilines is 1. The van der Waals surface area contributed by atoms with E-state index in [0.717, 1.165) is 35.8 Å². The number of aromatic nitrogens is 3. The zero-order chi connectivity index (χ0) is 26.2. The molecule has 2 saturated heterocycles. The van der Waals surface area contributed by atoms with Crippen molar-refractivity contribution in [2.24, 2.45) is 0 Å². The van der Waals surface area contributed by atoms with Crippen LogP contribution in [0.3, 0.4) is 0 Å². The van der Waals surface area contributed by atoms with Crippen molar-refractivity contribution in [2.45, 2.75) is 64.6 Å². The molecule has 5 rings (SSSR count). The Hall–Kier alpha value is -3.46. The van der Waals surface area contributed by atoms with Crippen LogP contribution < -0.4 is 10.9 Å². The fourth-order valence-corrected chi connectivity index (χ4v) is 5.04. The Bertz CT molecular complexity index is 1350. The predicted molar refractivity (Wildman–Crippen MR) is 143 cm³/mol. The Morgan fingerprint density at radius 3 is 2.57 bits per heavy atom. The van der Waals surface area contributed by atoms with Crippen LogP contribution in [-0.2, 0) is 9.47 Å². The average molecular weight is 506 g/mol. The molecule has 196 valence electrons. The molecule has 0 bridgehead atoms. The number of rotatable bonds is 4. The first-order chi connectivity index (χ1) is 17.7. The smallest absolute Gasteiger partial charge is 0.410 e. The van der Waals surface area contributed by atoms with Gasteiger partial charge in [0.05, 0.1) is 12.6 Å². The lowest BCUT2D eigenvalue weighted by Gasteiger charge is -2.33. The fraction of sp³-hybridized carbons (Fsp3) is 0.500. The second kappa shape index (κ2) is 10.1. The van der Waals surface area contributed by atoms with E-state index >= 15 is 0 Å². The van der Waals surface area contributed by atoms with Crippen molar-refractivity contribution in [3.8, 4) is 11.1 Å². The topological polar surface area (TPSA) is 98.6 Å². The van der Waals surface area contributed by atoms with E-state index in [1.54, 1.807) is 15.7 Å². The SMILES string of the molecule is Cc1ccccc1-c1cc2cnc(NC3CCN(C(=O)OC(C)(C)C)CC3)nc2n(C2CCOC2)c1=O. The summed E-state index contributed by atoms with van der Waals surface area (Å²) in [5.74, 6) is 0.485. The average Bonchev–Trinajstić information content (AvgIpc) is 3.38. The molecule has 9 nitrogen and oxygen atoms in total. The molecule has 0 spiro atoms. The van der Waals surface area contributed by atoms with Gasteiger partial charge in [-0.05, 0) is 64.2 Å². The van der Waals surface area contributed by atoms with Crippen LogP contribution in [0.4, 0.5) is 10.7 Å². The number of aryl methyl sites for hydroxylation is 1. The molecule has 0 saturated carbocycles. The molecule has 2 aromatic heterocycles. The predicted octanol–water partition coefficient (Wildman–Crippen LogP) is 4.54. The van der Waals surface area contributed by atoms with Gasteiger partial charge in [-0.1, -0.05) is 24.3 Å². The molecule has 1 unspecified atom stereocenters. The highest BCUT2D eigenvalue weighted by molar-refractivity contribution is 5.82. The number of amides is 1. The zero-order valence-electron chi connectivity index (χ0n) is 22.0. The Kier molecular flexibility index (Phi) is 6.90. The first-order valence-electron chi connectivity index (χ1n) is 13.0. The van der Waals surface area contributed by atoms with E-state index in [4.69, 9.17) is 14.5 Å². The summed E-state index contributed by atoms with van der Waals surface area (Å²) in [6.07, 6.45) is 3.79. The minimum atomic E-state index is -0.510. The van der Waals surface area contributed by atoms with Gasteiger partial charge in [0.2, 0.25) is 5.95 Å². The summed E-state index contributed by atoms with van der Waals surface area (Å²) >= 11 is 0. The van der Waals surface area contributed by atoms with Gasteiger partial charge >= 0.3 is 6.09 Å². The van der Waals surface area contributed by atoms with Crippen LogP contribution in [0.1, 0.15) is 51.6 Å². The van der Waals surface area contributed by atoms with E-state index in [-0.39, 0.29) is 23.7 Å². The summed E-state index contributed by atoms with van der Waals surface area (Å²) in [4.78, 5) is 37.3. The number of nitrogens with one attached hydrogen (secondary N) is 1. The van der Waals surface area contributed by atoms with Gasteiger partial charge in [0.1, 0.15) is 11.2 Å². The van der Waals surface area contributed by atoms with Crippen LogP contribution in [-0.4, -0.2) is 63.5 Å². The zero-order valence-corrected chi connectivity index (χ0v) is 22.0. The van der Waals surface area contributed by atoms with Crippen molar-refractivity contribution in [3.63, 3.8) is 0 Å². The largest absolute Gasteiger partial charge is 0.444 e. The molecular weight excluding hydrogens is 470 g/mol. The van der Waals surface area contributed by atoms with E-state index in [0.29, 0.717) is 43.5 Å². The molecule has 2 aliphatic heterocycles. The third-order valence-corrected chi connectivity index (χ3v) is 6.96. The summed E-state index contributed by atoms with van der Waals surface area (Å²) < 4.78 is 12.9. The standard InChI is InChI=1S/C28H35N5O4/c1-18-7-5-6-8-22(18)23-15-19-16-29-26(31-24(19)33(25(23)34)21-11-14-36-17-21)30-20-9-12-32(13-10-20)27(35)37-28(2,3)4/h5-8,15-16,20-21H,9-14,17H2,1-4H3,(H,29,30,31). The highest BCUT2D eigenvalue weighted by atomic mass is 16.6. The molecule has 1 amide bonds. The number of carbonyl (C=O) groups is 1. The molecule has 0 radical (unpaired) electrons. The highest BCUT2D eigenvalue weighted by Gasteiger charge is 2.28. The number of fused-ring (bicyclic) bond motifs is 1. The Morgan fingerprint density at radius 1 is 1.14 bits per heavy atom. The minimum Gasteiger partial charge on any atom is -0.444 e. The van der Waals surface area contributed by atoms with Crippen molar-refractivity contribution in [1.82, 2.24) is 19.4 Å². The van der Waals surface area contributed by atoms with E-state index in [1.165, 1.54) is 0 Å². The molecule has 9 heteroatoms. The molecule has 2 aliphatic rings. The van der Waals surface area contributed by atoms with Gasteiger partial charge in [-0.15, -0.1) is 0 Å². The number of nitrogens with zero attached hydrogens (tertiary/aromatic N) is 4. The van der Waals surface area contributed by atoms with Crippen LogP contribution in [0.5, 0.6) is 0 Å². The van der Waals surface area contributed by atoms with E-state index in [1.807, 2.05) is 58.0 Å². The van der Waals surface area contributed by atoms with Crippen LogP contribution >= 0.6 is 0 Å². The number of pyridine rings is 1. The Labute approximate surface area is 216 Å². The Balaban J connectivity index is 1.41. The Morgan fingerprint density at radius 2 is 1.89 bits per heavy atom. The number of benzene rings is 1. The number of piperidine rings is 1. The van der Waals surface area contributed by atoms with Gasteiger partial charge in [-0.3, -0.25) is 9.36 Å². The van der Waals surface area contributed by atoms with Crippen LogP contribution in [0.25, 0.3) is 22.2 Å². The second-order valence-electron chi connectivity index (χ2n) is 10.9. The van der Waals surface area contributed by atoms with Gasteiger partial charge in [-0.25, -0.2) is 9.78 Å². The fourth-order valence-electron chi connectivity index (χ4n) is 5.04. The van der Waals surface area contributed by atoms with E-state index < -0.39 is 5.60 Å². The quantitative estimate of drug-likeness (QED) is 0.556. The lowest BCUT2D eigenvalue weighted by Crippen LogP contribution is -2.44. The number of likely N-dealkylation sites (tertiary alicyclic amines) is 1. The summed E-state index contributed by atoms with van der Waals surface area (Å²) in [6.45, 7) is 9.95. The van der Waals surface area contributed by atoms with Gasteiger partial charge in [0.15, 0.2) is 0 Å². The van der Waals surface area contributed by atoms with Crippen molar-refractivity contribution in [1.29, 1.82) is 0 Å². The molecular formula is C28H35N5O4. The minimum absolute atomic E-state index is 0.0624. The number of carbonyl (C=O) groups excluding carboxylic acids is 1. The molecule has 4 heterocycles. The molecule has 0 aliphatic carbocycles. The maximum Gasteiger partial charge on any atom is 0.410 e. The molecule has 37 heavy (non-hydrogen) atoms. The number of hydrogen-bond donors (Lipinski definition) is 1. The molecule has 1 aromatic carbocycles. The molecule has 2 fully saturated rings. The summed E-state index contributed by atoms with van der Waals surface area (Å²) in [6, 6.07) is 9.87. The summed E-state index contributed by atoms with van der Waals surface area (Å²) in [5, 5.41) is 4.24. The van der Waals surface area contributed by atoms with Crippen molar-refractivity contribution >= 4 is 23.1 Å². The van der Waals surface area contributed by atoms with Crippen molar-refractivity contribution in [3.05, 3.63) is 52.4 Å². The maximum atomic E-state index is 13.8. The first kappa shape index (κ1) is 25.2. The summed E-state index contributed by atoms with van der Waals surface area (Å²) in [7, 11) is 0. The van der Waals surface area contributed by atoms with Crippen molar-refractivity contribution < 1.29 is 14.3 Å². The maximum absolute atomic E-state index is 13.8. The van der Waals surface area contributed by atoms with Crippen LogP contribution in [0.2, 0.25) is 0 Å². The monoisotopic (exact) mass is 505 g/mol. The van der Waals surface area contributed by atoms with Gasteiger partial charge < -0.3 is 19.7 Å². The molecule has 1 N–H and O–H groups in total. The first-order valence-corrected chi connectivity index (χ1v) is 13.0. The lowest BCUT2D eigenvalue weighted by molar-refractivity contribution is 0.0210. The van der Waals surface area contributed by atoms with E-state index in [2.05, 4.69) is 10.3 Å². The second-order valence-corrected chi connectivity index (χ2v) is 10.9. The summed E-state index contributed by atoms with van der Waals surface area (Å²) in [5.41, 5.74) is 2.65. The van der Waals surface area contributed by atoms with Crippen molar-refractivity contribution in [2.75, 3.05) is 31.6 Å². The lowest BCUT2D eigenvalue weighted by atomic mass is 10.0. The molecule has 1 atom stereocenters. The third-order valence-electron chi connectivity index (χ3n) is 6.96. The number of hydrogen-bond acceptors (Lipinski definition) is 7. The number of ether oxygens (including phenoxy) is 2. The van der Waals surface area contributed by atoms with Gasteiger partial charge in [0, 0.05) is 42.9 Å². The molecule has 3 aromatic rings. The third kappa shape index (κ3) is 5.46.